The number of rotatable bonds is 8. The van der Waals surface area contributed by atoms with Gasteiger partial charge in [0.2, 0.25) is 5.91 Å². The van der Waals surface area contributed by atoms with Gasteiger partial charge in [0.25, 0.3) is 0 Å². The van der Waals surface area contributed by atoms with Gasteiger partial charge >= 0.3 is 0 Å². The van der Waals surface area contributed by atoms with Gasteiger partial charge in [-0.2, -0.15) is 0 Å². The number of aromatic nitrogens is 2. The fraction of sp³-hybridized carbons (Fsp3) is 0.174. The van der Waals surface area contributed by atoms with Crippen molar-refractivity contribution < 1.29 is 13.9 Å². The van der Waals surface area contributed by atoms with E-state index in [0.717, 1.165) is 28.3 Å². The molecule has 0 radical (unpaired) electrons. The molecule has 4 rings (SSSR count). The molecule has 2 aromatic heterocycles. The van der Waals surface area contributed by atoms with Gasteiger partial charge in [0.05, 0.1) is 19.0 Å². The Hall–Kier alpha value is -3.45. The number of methoxy groups -OCH3 is 1. The van der Waals surface area contributed by atoms with Crippen LogP contribution in [0.15, 0.2) is 70.6 Å². The number of benzene rings is 2. The summed E-state index contributed by atoms with van der Waals surface area (Å²) in [5, 5.41) is 5.38. The summed E-state index contributed by atoms with van der Waals surface area (Å²) in [6.07, 6.45) is 3.36. The molecule has 2 heterocycles. The van der Waals surface area contributed by atoms with Crippen LogP contribution in [0.25, 0.3) is 22.6 Å². The molecule has 0 unspecified atom stereocenters. The van der Waals surface area contributed by atoms with Crippen LogP contribution < -0.4 is 10.1 Å². The lowest BCUT2D eigenvalue weighted by atomic mass is 10.2. The van der Waals surface area contributed by atoms with Crippen molar-refractivity contribution in [2.75, 3.05) is 12.4 Å². The predicted octanol–water partition coefficient (Wildman–Crippen LogP) is 5.44. The molecule has 0 aliphatic carbocycles. The lowest BCUT2D eigenvalue weighted by Gasteiger charge is -2.02. The van der Waals surface area contributed by atoms with Gasteiger partial charge in [-0.25, -0.2) is 9.97 Å². The zero-order chi connectivity index (χ0) is 20.8. The van der Waals surface area contributed by atoms with Crippen LogP contribution in [0.2, 0.25) is 0 Å². The molecule has 0 atom stereocenters. The van der Waals surface area contributed by atoms with Gasteiger partial charge in [0, 0.05) is 29.3 Å². The van der Waals surface area contributed by atoms with Crippen molar-refractivity contribution in [3.63, 3.8) is 0 Å². The fourth-order valence-corrected chi connectivity index (χ4v) is 3.71. The lowest BCUT2D eigenvalue weighted by molar-refractivity contribution is -0.116. The monoisotopic (exact) mass is 419 g/mol. The van der Waals surface area contributed by atoms with Crippen molar-refractivity contribution in [1.82, 2.24) is 9.97 Å². The highest BCUT2D eigenvalue weighted by atomic mass is 32.1. The Balaban J connectivity index is 1.26. The molecule has 0 aliphatic heterocycles. The maximum absolute atomic E-state index is 12.2. The summed E-state index contributed by atoms with van der Waals surface area (Å²) in [5.41, 5.74) is 2.79. The van der Waals surface area contributed by atoms with Crippen LogP contribution in [0, 0.1) is 0 Å². The minimum absolute atomic E-state index is 0.0690. The second kappa shape index (κ2) is 9.37. The first-order valence-corrected chi connectivity index (χ1v) is 10.5. The average molecular weight is 420 g/mol. The predicted molar refractivity (Wildman–Crippen MR) is 118 cm³/mol. The third-order valence-corrected chi connectivity index (χ3v) is 5.30. The van der Waals surface area contributed by atoms with E-state index in [1.165, 1.54) is 11.3 Å². The molecule has 6 nitrogen and oxygen atoms in total. The summed E-state index contributed by atoms with van der Waals surface area (Å²) < 4.78 is 10.9. The molecule has 1 N–H and O–H groups in total. The molecule has 0 bridgehead atoms. The highest BCUT2D eigenvalue weighted by molar-refractivity contribution is 7.14. The number of carbonyl (C=O) groups excluding carboxylic acids is 1. The quantitative estimate of drug-likeness (QED) is 0.412. The Kier molecular flexibility index (Phi) is 6.20. The van der Waals surface area contributed by atoms with E-state index in [4.69, 9.17) is 9.15 Å². The maximum atomic E-state index is 12.2. The van der Waals surface area contributed by atoms with Crippen molar-refractivity contribution >= 4 is 22.4 Å². The van der Waals surface area contributed by atoms with Crippen molar-refractivity contribution in [3.8, 4) is 28.3 Å². The van der Waals surface area contributed by atoms with Gasteiger partial charge in [-0.15, -0.1) is 11.3 Å². The molecule has 30 heavy (non-hydrogen) atoms. The Morgan fingerprint density at radius 3 is 2.67 bits per heavy atom. The van der Waals surface area contributed by atoms with Crippen molar-refractivity contribution in [2.45, 2.75) is 19.3 Å². The normalized spacial score (nSPS) is 10.7. The number of amides is 1. The first-order valence-electron chi connectivity index (χ1n) is 9.61. The van der Waals surface area contributed by atoms with E-state index in [1.807, 2.05) is 60.0 Å². The highest BCUT2D eigenvalue weighted by Crippen LogP contribution is 2.26. The number of aryl methyl sites for hydroxylation is 1. The van der Waals surface area contributed by atoms with Crippen LogP contribution in [0.4, 0.5) is 5.13 Å². The Morgan fingerprint density at radius 2 is 1.90 bits per heavy atom. The highest BCUT2D eigenvalue weighted by Gasteiger charge is 2.10. The Morgan fingerprint density at radius 1 is 1.10 bits per heavy atom. The third-order valence-electron chi connectivity index (χ3n) is 4.54. The second-order valence-corrected chi connectivity index (χ2v) is 7.51. The summed E-state index contributed by atoms with van der Waals surface area (Å²) in [4.78, 5) is 21.0. The van der Waals surface area contributed by atoms with E-state index < -0.39 is 0 Å². The number of anilines is 1. The maximum Gasteiger partial charge on any atom is 0.226 e. The summed E-state index contributed by atoms with van der Waals surface area (Å²) in [5.74, 6) is 2.10. The van der Waals surface area contributed by atoms with Crippen molar-refractivity contribution in [2.24, 2.45) is 0 Å². The average Bonchev–Trinajstić information content (AvgIpc) is 3.44. The number of oxazole rings is 1. The first-order chi connectivity index (χ1) is 14.7. The van der Waals surface area contributed by atoms with Crippen LogP contribution in [0.1, 0.15) is 18.7 Å². The zero-order valence-corrected chi connectivity index (χ0v) is 17.3. The van der Waals surface area contributed by atoms with E-state index in [-0.39, 0.29) is 5.91 Å². The van der Waals surface area contributed by atoms with Crippen molar-refractivity contribution in [3.05, 3.63) is 72.1 Å². The topological polar surface area (TPSA) is 77.2 Å². The second-order valence-electron chi connectivity index (χ2n) is 6.65. The van der Waals surface area contributed by atoms with E-state index in [1.54, 1.807) is 13.3 Å². The van der Waals surface area contributed by atoms with Crippen LogP contribution in [-0.2, 0) is 11.2 Å². The number of nitrogens with one attached hydrogen (secondary N) is 1. The van der Waals surface area contributed by atoms with E-state index >= 15 is 0 Å². The van der Waals surface area contributed by atoms with Crippen molar-refractivity contribution in [1.29, 1.82) is 0 Å². The standard InChI is InChI=1S/C23H21N3O3S/c1-28-18-12-10-16(11-13-18)19-15-30-23(25-19)26-21(27)8-5-9-22-24-14-20(29-22)17-6-3-2-4-7-17/h2-4,6-7,10-15H,5,8-9H2,1H3,(H,25,26,27). The van der Waals surface area contributed by atoms with Crippen LogP contribution in [0.5, 0.6) is 5.75 Å². The Labute approximate surface area is 178 Å². The van der Waals surface area contributed by atoms with E-state index in [0.29, 0.717) is 30.3 Å². The van der Waals surface area contributed by atoms with Gasteiger partial charge in [-0.05, 0) is 30.7 Å². The molecular formula is C23H21N3O3S. The summed E-state index contributed by atoms with van der Waals surface area (Å²) >= 11 is 1.41. The lowest BCUT2D eigenvalue weighted by Crippen LogP contribution is -2.11. The molecule has 0 fully saturated rings. The van der Waals surface area contributed by atoms with Crippen LogP contribution in [0.3, 0.4) is 0 Å². The summed E-state index contributed by atoms with van der Waals surface area (Å²) in [6.45, 7) is 0. The number of ether oxygens (including phenoxy) is 1. The summed E-state index contributed by atoms with van der Waals surface area (Å²) in [6, 6.07) is 17.5. The molecule has 2 aromatic carbocycles. The van der Waals surface area contributed by atoms with Crippen LogP contribution >= 0.6 is 11.3 Å². The largest absolute Gasteiger partial charge is 0.497 e. The molecule has 0 saturated heterocycles. The van der Waals surface area contributed by atoms with Gasteiger partial charge in [0.15, 0.2) is 16.8 Å². The molecule has 0 aliphatic rings. The first kappa shape index (κ1) is 19.8. The van der Waals surface area contributed by atoms with Crippen LogP contribution in [-0.4, -0.2) is 23.0 Å². The van der Waals surface area contributed by atoms with E-state index in [2.05, 4.69) is 15.3 Å². The molecule has 152 valence electrons. The Bertz CT molecular complexity index is 1100. The van der Waals surface area contributed by atoms with E-state index in [9.17, 15) is 4.79 Å². The molecule has 1 amide bonds. The molecule has 0 spiro atoms. The molecule has 4 aromatic rings. The zero-order valence-electron chi connectivity index (χ0n) is 16.5. The molecular weight excluding hydrogens is 398 g/mol. The third kappa shape index (κ3) is 4.93. The number of thiazole rings is 1. The van der Waals surface area contributed by atoms with Gasteiger partial charge in [0.1, 0.15) is 5.75 Å². The number of nitrogens with zero attached hydrogens (tertiary/aromatic N) is 2. The molecule has 7 heteroatoms. The van der Waals surface area contributed by atoms with Gasteiger partial charge in [-0.1, -0.05) is 30.3 Å². The number of hydrogen-bond donors (Lipinski definition) is 1. The fourth-order valence-electron chi connectivity index (χ4n) is 2.97. The number of carbonyl (C=O) groups is 1. The SMILES string of the molecule is COc1ccc(-c2csc(NC(=O)CCCc3ncc(-c4ccccc4)o3)n2)cc1. The minimum Gasteiger partial charge on any atom is -0.497 e. The minimum atomic E-state index is -0.0690. The molecule has 0 saturated carbocycles. The smallest absolute Gasteiger partial charge is 0.226 e. The van der Waals surface area contributed by atoms with Gasteiger partial charge in [-0.3, -0.25) is 4.79 Å². The summed E-state index contributed by atoms with van der Waals surface area (Å²) in [7, 11) is 1.63. The number of hydrogen-bond acceptors (Lipinski definition) is 6. The van der Waals surface area contributed by atoms with Gasteiger partial charge < -0.3 is 14.5 Å².